The number of hydrogen-bond donors (Lipinski definition) is 0. The van der Waals surface area contributed by atoms with Crippen molar-refractivity contribution in [1.82, 2.24) is 0 Å². The molecule has 2 heterocycles. The lowest BCUT2D eigenvalue weighted by atomic mass is 9.97. The first kappa shape index (κ1) is 6.62. The predicted molar refractivity (Wildman–Crippen MR) is 37.6 cm³/mol. The van der Waals surface area contributed by atoms with Crippen LogP contribution in [0.2, 0.25) is 0 Å². The van der Waals surface area contributed by atoms with Gasteiger partial charge >= 0.3 is 0 Å². The van der Waals surface area contributed by atoms with Gasteiger partial charge < -0.3 is 9.47 Å². The van der Waals surface area contributed by atoms with Gasteiger partial charge in [-0.05, 0) is 19.8 Å². The van der Waals surface area contributed by atoms with Gasteiger partial charge in [-0.1, -0.05) is 0 Å². The average Bonchev–Trinajstić information content (AvgIpc) is 2.56. The third kappa shape index (κ3) is 1.32. The molecule has 2 aliphatic heterocycles. The minimum absolute atomic E-state index is 0.0961. The summed E-state index contributed by atoms with van der Waals surface area (Å²) in [4.78, 5) is 0. The topological polar surface area (TPSA) is 21.8 Å². The van der Waals surface area contributed by atoms with Crippen LogP contribution >= 0.6 is 0 Å². The normalized spacial score (nSPS) is 45.9. The van der Waals surface area contributed by atoms with E-state index in [-0.39, 0.29) is 5.60 Å². The Hall–Kier alpha value is -0.0800. The van der Waals surface area contributed by atoms with Gasteiger partial charge in [0.15, 0.2) is 0 Å². The second kappa shape index (κ2) is 2.21. The molecule has 2 aliphatic rings. The number of epoxide rings is 1. The Morgan fingerprint density at radius 3 is 2.90 bits per heavy atom. The summed E-state index contributed by atoms with van der Waals surface area (Å²) in [7, 11) is 0. The van der Waals surface area contributed by atoms with Crippen LogP contribution in [0.1, 0.15) is 19.3 Å². The Morgan fingerprint density at radius 1 is 1.60 bits per heavy atom. The van der Waals surface area contributed by atoms with Gasteiger partial charge in [0.1, 0.15) is 0 Å². The highest BCUT2D eigenvalue weighted by atomic mass is 16.6. The van der Waals surface area contributed by atoms with Crippen molar-refractivity contribution < 1.29 is 9.47 Å². The molecule has 2 heteroatoms. The molecule has 2 fully saturated rings. The van der Waals surface area contributed by atoms with E-state index in [0.29, 0.717) is 6.10 Å². The number of hydrogen-bond acceptors (Lipinski definition) is 2. The Morgan fingerprint density at radius 2 is 2.40 bits per heavy atom. The van der Waals surface area contributed by atoms with Gasteiger partial charge in [-0.25, -0.2) is 0 Å². The molecule has 0 saturated carbocycles. The maximum absolute atomic E-state index is 5.50. The van der Waals surface area contributed by atoms with E-state index in [1.807, 2.05) is 0 Å². The lowest BCUT2D eigenvalue weighted by Crippen LogP contribution is -2.25. The quantitative estimate of drug-likeness (QED) is 0.538. The average molecular weight is 141 g/mol. The van der Waals surface area contributed by atoms with Crippen LogP contribution in [-0.4, -0.2) is 24.9 Å². The Kier molecular flexibility index (Phi) is 1.46. The van der Waals surface area contributed by atoms with Gasteiger partial charge in [0.25, 0.3) is 0 Å². The first-order valence-corrected chi connectivity index (χ1v) is 3.89. The lowest BCUT2D eigenvalue weighted by molar-refractivity contribution is 0.0298. The van der Waals surface area contributed by atoms with E-state index in [1.54, 1.807) is 0 Å². The summed E-state index contributed by atoms with van der Waals surface area (Å²) in [6.07, 6.45) is 3.71. The van der Waals surface area contributed by atoms with Crippen LogP contribution in [0.3, 0.4) is 0 Å². The van der Waals surface area contributed by atoms with Crippen molar-refractivity contribution >= 4 is 0 Å². The molecule has 0 bridgehead atoms. The van der Waals surface area contributed by atoms with E-state index in [9.17, 15) is 0 Å². The van der Waals surface area contributed by atoms with Gasteiger partial charge in [-0.2, -0.15) is 0 Å². The molecule has 57 valence electrons. The summed E-state index contributed by atoms with van der Waals surface area (Å²) >= 11 is 0. The Bertz CT molecular complexity index is 123. The molecule has 0 amide bonds. The molecule has 0 N–H and O–H groups in total. The molecule has 0 spiro atoms. The van der Waals surface area contributed by atoms with Crippen molar-refractivity contribution in [2.24, 2.45) is 0 Å². The van der Waals surface area contributed by atoms with Gasteiger partial charge in [0, 0.05) is 13.0 Å². The summed E-state index contributed by atoms with van der Waals surface area (Å²) in [5.74, 6) is 0. The Labute approximate surface area is 61.5 Å². The number of ether oxygens (including phenoxy) is 2. The van der Waals surface area contributed by atoms with Gasteiger partial charge in [-0.3, -0.25) is 0 Å². The standard InChI is InChI=1S/C8H13O2/c1-8(3-2-4-10-8)5-7-6-9-7/h7H,1-6H2. The van der Waals surface area contributed by atoms with Crippen LogP contribution in [0, 0.1) is 6.92 Å². The maximum atomic E-state index is 5.50. The first-order chi connectivity index (χ1) is 4.79. The predicted octanol–water partition coefficient (Wildman–Crippen LogP) is 1.16. The van der Waals surface area contributed by atoms with Crippen LogP contribution in [0.4, 0.5) is 0 Å². The van der Waals surface area contributed by atoms with Crippen LogP contribution in [0.5, 0.6) is 0 Å². The van der Waals surface area contributed by atoms with E-state index in [0.717, 1.165) is 32.5 Å². The first-order valence-electron chi connectivity index (χ1n) is 3.89. The zero-order chi connectivity index (χ0) is 7.03. The van der Waals surface area contributed by atoms with Crippen LogP contribution in [-0.2, 0) is 9.47 Å². The molecule has 2 atom stereocenters. The van der Waals surface area contributed by atoms with Crippen molar-refractivity contribution in [3.63, 3.8) is 0 Å². The minimum atomic E-state index is -0.0961. The fraction of sp³-hybridized carbons (Fsp3) is 0.875. The largest absolute Gasteiger partial charge is 0.375 e. The SMILES string of the molecule is [CH2]C1(CC2CO2)CCCO1. The van der Waals surface area contributed by atoms with Gasteiger partial charge in [0.05, 0.1) is 18.3 Å². The molecule has 0 aliphatic carbocycles. The van der Waals surface area contributed by atoms with Crippen LogP contribution < -0.4 is 0 Å². The van der Waals surface area contributed by atoms with Crippen molar-refractivity contribution in [2.75, 3.05) is 13.2 Å². The van der Waals surface area contributed by atoms with Crippen molar-refractivity contribution in [2.45, 2.75) is 31.0 Å². The molecule has 0 aromatic rings. The molecule has 0 aromatic carbocycles. The minimum Gasteiger partial charge on any atom is -0.375 e. The second-order valence-electron chi connectivity index (χ2n) is 3.29. The molecule has 2 unspecified atom stereocenters. The van der Waals surface area contributed by atoms with Gasteiger partial charge in [-0.15, -0.1) is 0 Å². The summed E-state index contributed by atoms with van der Waals surface area (Å²) < 4.78 is 10.6. The van der Waals surface area contributed by atoms with E-state index in [1.165, 1.54) is 0 Å². The van der Waals surface area contributed by atoms with Crippen molar-refractivity contribution in [3.8, 4) is 0 Å². The molecule has 0 aromatic heterocycles. The fourth-order valence-corrected chi connectivity index (χ4v) is 1.52. The highest BCUT2D eigenvalue weighted by molar-refractivity contribution is 4.92. The summed E-state index contributed by atoms with van der Waals surface area (Å²) in [6, 6.07) is 0. The summed E-state index contributed by atoms with van der Waals surface area (Å²) in [6.45, 7) is 5.85. The lowest BCUT2D eigenvalue weighted by Gasteiger charge is -2.21. The fourth-order valence-electron chi connectivity index (χ4n) is 1.52. The highest BCUT2D eigenvalue weighted by Crippen LogP contribution is 2.33. The molecule has 1 radical (unpaired) electrons. The Balaban J connectivity index is 1.86. The van der Waals surface area contributed by atoms with Crippen molar-refractivity contribution in [3.05, 3.63) is 6.92 Å². The third-order valence-corrected chi connectivity index (χ3v) is 2.19. The van der Waals surface area contributed by atoms with E-state index < -0.39 is 0 Å². The second-order valence-corrected chi connectivity index (χ2v) is 3.29. The smallest absolute Gasteiger partial charge is 0.0837 e. The molecule has 2 nitrogen and oxygen atoms in total. The van der Waals surface area contributed by atoms with E-state index >= 15 is 0 Å². The van der Waals surface area contributed by atoms with E-state index in [2.05, 4.69) is 6.92 Å². The molecule has 10 heavy (non-hydrogen) atoms. The van der Waals surface area contributed by atoms with Crippen molar-refractivity contribution in [1.29, 1.82) is 0 Å². The molecule has 2 rings (SSSR count). The molecule has 2 saturated heterocycles. The third-order valence-electron chi connectivity index (χ3n) is 2.19. The van der Waals surface area contributed by atoms with Gasteiger partial charge in [0.2, 0.25) is 0 Å². The van der Waals surface area contributed by atoms with E-state index in [4.69, 9.17) is 9.47 Å². The zero-order valence-electron chi connectivity index (χ0n) is 6.14. The zero-order valence-corrected chi connectivity index (χ0v) is 6.14. The molecular weight excluding hydrogens is 128 g/mol. The summed E-state index contributed by atoms with van der Waals surface area (Å²) in [5.41, 5.74) is -0.0961. The monoisotopic (exact) mass is 141 g/mol. The number of rotatable bonds is 2. The highest BCUT2D eigenvalue weighted by Gasteiger charge is 2.37. The van der Waals surface area contributed by atoms with Crippen LogP contribution in [0.15, 0.2) is 0 Å². The summed E-state index contributed by atoms with van der Waals surface area (Å²) in [5, 5.41) is 0. The van der Waals surface area contributed by atoms with Crippen LogP contribution in [0.25, 0.3) is 0 Å². The molecular formula is C8H13O2. The maximum Gasteiger partial charge on any atom is 0.0837 e.